The van der Waals surface area contributed by atoms with Crippen LogP contribution in [0.2, 0.25) is 18.1 Å². The first-order valence-electron chi connectivity index (χ1n) is 8.41. The number of aliphatic hydroxyl groups excluding tert-OH is 1. The standard InChI is InChI=1S/C16H30O3S2Si/c1-14(2,3)22(4,5)19-12-7-8-15(11-18-15)16(13(12)17)20-9-6-10-21-16/h12-13,17H,6-11H2,1-5H3/t12-,13-,15+/m1/s1. The van der Waals surface area contributed by atoms with Gasteiger partial charge in [-0.05, 0) is 48.9 Å². The van der Waals surface area contributed by atoms with Crippen molar-refractivity contribution in [3.63, 3.8) is 0 Å². The summed E-state index contributed by atoms with van der Waals surface area (Å²) in [6.45, 7) is 12.2. The average molecular weight is 363 g/mol. The van der Waals surface area contributed by atoms with Crippen LogP contribution >= 0.6 is 23.5 Å². The van der Waals surface area contributed by atoms with Gasteiger partial charge in [-0.2, -0.15) is 0 Å². The molecule has 0 bridgehead atoms. The number of thioether (sulfide) groups is 2. The van der Waals surface area contributed by atoms with E-state index in [1.807, 2.05) is 23.5 Å². The van der Waals surface area contributed by atoms with Crippen LogP contribution in [-0.4, -0.2) is 53.4 Å². The van der Waals surface area contributed by atoms with E-state index in [1.54, 1.807) is 0 Å². The highest BCUT2D eigenvalue weighted by Crippen LogP contribution is 2.63. The first-order valence-corrected chi connectivity index (χ1v) is 13.3. The maximum absolute atomic E-state index is 11.2. The maximum atomic E-state index is 11.2. The average Bonchev–Trinajstić information content (AvgIpc) is 3.22. The van der Waals surface area contributed by atoms with Gasteiger partial charge in [0.25, 0.3) is 0 Å². The smallest absolute Gasteiger partial charge is 0.192 e. The second-order valence-corrected chi connectivity index (χ2v) is 16.1. The number of aliphatic hydroxyl groups is 1. The molecule has 3 rings (SSSR count). The number of epoxide rings is 1. The summed E-state index contributed by atoms with van der Waals surface area (Å²) in [7, 11) is -1.86. The van der Waals surface area contributed by atoms with Gasteiger partial charge in [-0.25, -0.2) is 0 Å². The highest BCUT2D eigenvalue weighted by molar-refractivity contribution is 8.19. The second-order valence-electron chi connectivity index (χ2n) is 8.40. The highest BCUT2D eigenvalue weighted by Gasteiger charge is 2.69. The van der Waals surface area contributed by atoms with E-state index >= 15 is 0 Å². The first-order chi connectivity index (χ1) is 10.1. The van der Waals surface area contributed by atoms with Gasteiger partial charge in [0.05, 0.1) is 12.7 Å². The molecule has 2 spiro atoms. The molecule has 0 aromatic rings. The van der Waals surface area contributed by atoms with Crippen LogP contribution in [0.25, 0.3) is 0 Å². The summed E-state index contributed by atoms with van der Waals surface area (Å²) < 4.78 is 12.3. The van der Waals surface area contributed by atoms with E-state index in [0.717, 1.165) is 31.0 Å². The maximum Gasteiger partial charge on any atom is 0.192 e. The Labute approximate surface area is 144 Å². The molecule has 3 fully saturated rings. The van der Waals surface area contributed by atoms with Crippen LogP contribution in [0.4, 0.5) is 0 Å². The fourth-order valence-corrected chi connectivity index (χ4v) is 8.48. The molecule has 0 unspecified atom stereocenters. The molecule has 0 amide bonds. The van der Waals surface area contributed by atoms with Crippen LogP contribution in [-0.2, 0) is 9.16 Å². The summed E-state index contributed by atoms with van der Waals surface area (Å²) in [5.41, 5.74) is -0.0878. The van der Waals surface area contributed by atoms with Gasteiger partial charge in [0.1, 0.15) is 15.8 Å². The van der Waals surface area contributed by atoms with Crippen molar-refractivity contribution < 1.29 is 14.3 Å². The lowest BCUT2D eigenvalue weighted by molar-refractivity contribution is -0.0289. The molecule has 3 aliphatic rings. The molecule has 128 valence electrons. The van der Waals surface area contributed by atoms with E-state index < -0.39 is 14.4 Å². The third-order valence-electron chi connectivity index (χ3n) is 5.88. The Morgan fingerprint density at radius 1 is 1.23 bits per heavy atom. The molecule has 6 heteroatoms. The van der Waals surface area contributed by atoms with E-state index in [-0.39, 0.29) is 20.8 Å². The predicted molar refractivity (Wildman–Crippen MR) is 98.3 cm³/mol. The summed E-state index contributed by atoms with van der Waals surface area (Å²) in [6.07, 6.45) is 2.73. The van der Waals surface area contributed by atoms with E-state index in [4.69, 9.17) is 9.16 Å². The number of fused-ring (bicyclic) bond motifs is 1. The minimum absolute atomic E-state index is 0.0335. The molecule has 3 atom stereocenters. The fraction of sp³-hybridized carbons (Fsp3) is 1.00. The zero-order valence-corrected chi connectivity index (χ0v) is 17.1. The van der Waals surface area contributed by atoms with Crippen LogP contribution < -0.4 is 0 Å². The SMILES string of the molecule is CC(C)(C)[Si](C)(C)O[C@@H]1CC[C@]2(CO2)C2(SCCCS2)[C@@H]1O. The van der Waals surface area contributed by atoms with E-state index in [2.05, 4.69) is 33.9 Å². The molecular weight excluding hydrogens is 332 g/mol. The van der Waals surface area contributed by atoms with Gasteiger partial charge in [-0.1, -0.05) is 20.8 Å². The van der Waals surface area contributed by atoms with Crippen LogP contribution in [0.5, 0.6) is 0 Å². The highest BCUT2D eigenvalue weighted by atomic mass is 32.2. The zero-order chi connectivity index (χ0) is 16.2. The second kappa shape index (κ2) is 5.66. The molecule has 2 heterocycles. The Morgan fingerprint density at radius 3 is 2.32 bits per heavy atom. The molecule has 1 N–H and O–H groups in total. The van der Waals surface area contributed by atoms with Crippen molar-refractivity contribution in [3.05, 3.63) is 0 Å². The van der Waals surface area contributed by atoms with Crippen molar-refractivity contribution in [3.8, 4) is 0 Å². The Hall–Kier alpha value is 0.797. The number of ether oxygens (including phenoxy) is 1. The molecule has 1 saturated carbocycles. The van der Waals surface area contributed by atoms with Crippen molar-refractivity contribution in [1.29, 1.82) is 0 Å². The summed E-state index contributed by atoms with van der Waals surface area (Å²) in [5.74, 6) is 2.25. The quantitative estimate of drug-likeness (QED) is 0.597. The van der Waals surface area contributed by atoms with Crippen molar-refractivity contribution in [2.45, 2.75) is 80.1 Å². The lowest BCUT2D eigenvalue weighted by Gasteiger charge is -2.52. The van der Waals surface area contributed by atoms with Crippen LogP contribution in [0, 0.1) is 0 Å². The molecular formula is C16H30O3S2Si. The fourth-order valence-electron chi connectivity index (χ4n) is 3.31. The molecule has 2 aliphatic heterocycles. The molecule has 0 radical (unpaired) electrons. The molecule has 2 saturated heterocycles. The van der Waals surface area contributed by atoms with Crippen molar-refractivity contribution in [2.75, 3.05) is 18.1 Å². The minimum Gasteiger partial charge on any atom is -0.411 e. The van der Waals surface area contributed by atoms with Gasteiger partial charge < -0.3 is 14.3 Å². The molecule has 1 aliphatic carbocycles. The van der Waals surface area contributed by atoms with Crippen molar-refractivity contribution in [1.82, 2.24) is 0 Å². The van der Waals surface area contributed by atoms with Gasteiger partial charge in [-0.3, -0.25) is 0 Å². The summed E-state index contributed by atoms with van der Waals surface area (Å²) in [4.78, 5) is 0. The largest absolute Gasteiger partial charge is 0.411 e. The van der Waals surface area contributed by atoms with Crippen molar-refractivity contribution >= 4 is 31.8 Å². The third kappa shape index (κ3) is 2.71. The predicted octanol–water partition coefficient (Wildman–Crippen LogP) is 3.87. The number of rotatable bonds is 2. The van der Waals surface area contributed by atoms with E-state index in [0.29, 0.717) is 0 Å². The van der Waals surface area contributed by atoms with Gasteiger partial charge >= 0.3 is 0 Å². The molecule has 0 aromatic carbocycles. The van der Waals surface area contributed by atoms with Gasteiger partial charge in [0.15, 0.2) is 8.32 Å². The summed E-state index contributed by atoms with van der Waals surface area (Å²) in [5, 5.41) is 11.4. The van der Waals surface area contributed by atoms with Crippen molar-refractivity contribution in [2.24, 2.45) is 0 Å². The third-order valence-corrected chi connectivity index (χ3v) is 14.2. The van der Waals surface area contributed by atoms with E-state index in [1.165, 1.54) is 6.42 Å². The Morgan fingerprint density at radius 2 is 1.82 bits per heavy atom. The lowest BCUT2D eigenvalue weighted by Crippen LogP contribution is -2.62. The Bertz CT molecular complexity index is 426. The Kier molecular flexibility index (Phi) is 4.54. The Balaban J connectivity index is 1.80. The van der Waals surface area contributed by atoms with Crippen LogP contribution in [0.1, 0.15) is 40.0 Å². The van der Waals surface area contributed by atoms with Gasteiger partial charge in [0.2, 0.25) is 0 Å². The lowest BCUT2D eigenvalue weighted by atomic mass is 9.84. The zero-order valence-electron chi connectivity index (χ0n) is 14.5. The normalized spacial score (nSPS) is 38.5. The van der Waals surface area contributed by atoms with Gasteiger partial charge in [0, 0.05) is 0 Å². The summed E-state index contributed by atoms with van der Waals surface area (Å²) in [6, 6.07) is 0. The topological polar surface area (TPSA) is 42.0 Å². The van der Waals surface area contributed by atoms with Crippen LogP contribution in [0.3, 0.4) is 0 Å². The number of hydrogen-bond acceptors (Lipinski definition) is 5. The minimum atomic E-state index is -1.86. The van der Waals surface area contributed by atoms with E-state index in [9.17, 15) is 5.11 Å². The van der Waals surface area contributed by atoms with Crippen LogP contribution in [0.15, 0.2) is 0 Å². The first kappa shape index (κ1) is 17.6. The molecule has 22 heavy (non-hydrogen) atoms. The molecule has 0 aromatic heterocycles. The monoisotopic (exact) mass is 362 g/mol. The summed E-state index contributed by atoms with van der Waals surface area (Å²) >= 11 is 3.85. The molecule has 3 nitrogen and oxygen atoms in total. The van der Waals surface area contributed by atoms with Gasteiger partial charge in [-0.15, -0.1) is 23.5 Å². The number of hydrogen-bond donors (Lipinski definition) is 1.